The van der Waals surface area contributed by atoms with Gasteiger partial charge in [-0.2, -0.15) is 0 Å². The van der Waals surface area contributed by atoms with E-state index in [4.69, 9.17) is 27.3 Å². The summed E-state index contributed by atoms with van der Waals surface area (Å²) in [5, 5.41) is 3.74. The molecular weight excluding hydrogens is 366 g/mol. The van der Waals surface area contributed by atoms with Crippen LogP contribution in [-0.4, -0.2) is 32.2 Å². The fourth-order valence-corrected chi connectivity index (χ4v) is 3.87. The number of ketones is 1. The number of rotatable bonds is 6. The van der Waals surface area contributed by atoms with E-state index in [2.05, 4.69) is 11.1 Å². The summed E-state index contributed by atoms with van der Waals surface area (Å²) in [7, 11) is -3.82. The number of halogens is 1. The number of terminal acetylenes is 1. The molecule has 3 rings (SSSR count). The molecule has 0 atom stereocenters. The summed E-state index contributed by atoms with van der Waals surface area (Å²) in [6.07, 6.45) is 9.27. The SMILES string of the molecule is C#CCOc1c(Cl)ccc(C(=O)c2cnoc2C2CC2)c1S(C)(=O)=O. The van der Waals surface area contributed by atoms with E-state index in [0.717, 1.165) is 19.1 Å². The molecule has 1 saturated carbocycles. The minimum Gasteiger partial charge on any atom is -0.478 e. The third-order valence-electron chi connectivity index (χ3n) is 3.77. The van der Waals surface area contributed by atoms with E-state index in [1.807, 2.05) is 0 Å². The second-order valence-electron chi connectivity index (χ2n) is 5.73. The number of aromatic nitrogens is 1. The Kier molecular flexibility index (Phi) is 4.58. The monoisotopic (exact) mass is 379 g/mol. The van der Waals surface area contributed by atoms with Gasteiger partial charge in [-0.25, -0.2) is 8.42 Å². The van der Waals surface area contributed by atoms with Crippen LogP contribution in [0.15, 0.2) is 27.7 Å². The summed E-state index contributed by atoms with van der Waals surface area (Å²) < 4.78 is 35.1. The first-order valence-electron chi connectivity index (χ1n) is 7.42. The van der Waals surface area contributed by atoms with Gasteiger partial charge in [0.2, 0.25) is 0 Å². The Balaban J connectivity index is 2.17. The van der Waals surface area contributed by atoms with Crippen molar-refractivity contribution in [3.63, 3.8) is 0 Å². The lowest BCUT2D eigenvalue weighted by molar-refractivity contribution is 0.103. The smallest absolute Gasteiger partial charge is 0.199 e. The molecule has 130 valence electrons. The molecule has 25 heavy (non-hydrogen) atoms. The first-order valence-corrected chi connectivity index (χ1v) is 9.69. The fourth-order valence-electron chi connectivity index (χ4n) is 2.54. The van der Waals surface area contributed by atoms with Gasteiger partial charge in [-0.05, 0) is 25.0 Å². The molecule has 0 aliphatic heterocycles. The van der Waals surface area contributed by atoms with Crippen molar-refractivity contribution < 1.29 is 22.5 Å². The maximum absolute atomic E-state index is 13.0. The lowest BCUT2D eigenvalue weighted by Gasteiger charge is -2.14. The Morgan fingerprint density at radius 1 is 1.44 bits per heavy atom. The molecule has 8 heteroatoms. The molecule has 0 N–H and O–H groups in total. The minimum atomic E-state index is -3.82. The lowest BCUT2D eigenvalue weighted by Crippen LogP contribution is -2.13. The van der Waals surface area contributed by atoms with Crippen molar-refractivity contribution in [1.82, 2.24) is 5.16 Å². The highest BCUT2D eigenvalue weighted by molar-refractivity contribution is 7.91. The van der Waals surface area contributed by atoms with Crippen molar-refractivity contribution >= 4 is 27.2 Å². The molecular formula is C17H14ClNO5S. The van der Waals surface area contributed by atoms with Crippen molar-refractivity contribution in [3.05, 3.63) is 40.2 Å². The zero-order chi connectivity index (χ0) is 18.2. The zero-order valence-electron chi connectivity index (χ0n) is 13.3. The molecule has 1 fully saturated rings. The second kappa shape index (κ2) is 6.54. The molecule has 1 aliphatic carbocycles. The molecule has 0 amide bonds. The largest absolute Gasteiger partial charge is 0.478 e. The second-order valence-corrected chi connectivity index (χ2v) is 8.09. The molecule has 1 aromatic carbocycles. The number of carbonyl (C=O) groups is 1. The van der Waals surface area contributed by atoms with Crippen LogP contribution >= 0.6 is 11.6 Å². The van der Waals surface area contributed by atoms with Crippen LogP contribution in [0.5, 0.6) is 5.75 Å². The predicted molar refractivity (Wildman–Crippen MR) is 90.8 cm³/mol. The molecule has 1 heterocycles. The van der Waals surface area contributed by atoms with Gasteiger partial charge in [0.25, 0.3) is 0 Å². The van der Waals surface area contributed by atoms with Crippen molar-refractivity contribution in [2.45, 2.75) is 23.7 Å². The van der Waals surface area contributed by atoms with Crippen LogP contribution in [0, 0.1) is 12.3 Å². The Labute approximate surface area is 150 Å². The van der Waals surface area contributed by atoms with E-state index >= 15 is 0 Å². The van der Waals surface area contributed by atoms with Crippen molar-refractivity contribution in [3.8, 4) is 18.1 Å². The summed E-state index contributed by atoms with van der Waals surface area (Å²) in [5.41, 5.74) is 0.196. The van der Waals surface area contributed by atoms with E-state index in [1.165, 1.54) is 18.3 Å². The third-order valence-corrected chi connectivity index (χ3v) is 5.21. The number of carbonyl (C=O) groups excluding carboxylic acids is 1. The molecule has 0 bridgehead atoms. The van der Waals surface area contributed by atoms with E-state index < -0.39 is 15.6 Å². The van der Waals surface area contributed by atoms with Crippen molar-refractivity contribution in [2.75, 3.05) is 12.9 Å². The number of hydrogen-bond acceptors (Lipinski definition) is 6. The fraction of sp³-hybridized carbons (Fsp3) is 0.294. The van der Waals surface area contributed by atoms with Gasteiger partial charge in [0, 0.05) is 17.7 Å². The van der Waals surface area contributed by atoms with Crippen molar-refractivity contribution in [2.24, 2.45) is 0 Å². The molecule has 0 unspecified atom stereocenters. The van der Waals surface area contributed by atoms with E-state index in [0.29, 0.717) is 5.76 Å². The maximum atomic E-state index is 13.0. The predicted octanol–water partition coefficient (Wildman–Crippen LogP) is 2.85. The lowest BCUT2D eigenvalue weighted by atomic mass is 10.0. The van der Waals surface area contributed by atoms with Crippen molar-refractivity contribution in [1.29, 1.82) is 0 Å². The topological polar surface area (TPSA) is 86.5 Å². The van der Waals surface area contributed by atoms with Gasteiger partial charge in [-0.1, -0.05) is 22.7 Å². The molecule has 2 aromatic rings. The molecule has 1 aromatic heterocycles. The van der Waals surface area contributed by atoms with E-state index in [-0.39, 0.29) is 39.3 Å². The highest BCUT2D eigenvalue weighted by atomic mass is 35.5. The van der Waals surface area contributed by atoms with E-state index in [1.54, 1.807) is 0 Å². The Hall–Kier alpha value is -2.30. The van der Waals surface area contributed by atoms with Crippen LogP contribution in [0.2, 0.25) is 5.02 Å². The van der Waals surface area contributed by atoms with Crippen LogP contribution in [0.4, 0.5) is 0 Å². The molecule has 0 spiro atoms. The van der Waals surface area contributed by atoms with Gasteiger partial charge in [0.15, 0.2) is 27.1 Å². The number of nitrogens with zero attached hydrogens (tertiary/aromatic N) is 1. The Morgan fingerprint density at radius 3 is 2.76 bits per heavy atom. The number of hydrogen-bond donors (Lipinski definition) is 0. The van der Waals surface area contributed by atoms with Crippen LogP contribution < -0.4 is 4.74 Å². The van der Waals surface area contributed by atoms with Gasteiger partial charge < -0.3 is 9.26 Å². The van der Waals surface area contributed by atoms with Gasteiger partial charge >= 0.3 is 0 Å². The Bertz CT molecular complexity index is 983. The number of benzene rings is 1. The van der Waals surface area contributed by atoms with Gasteiger partial charge in [0.05, 0.1) is 16.8 Å². The standard InChI is InChI=1S/C17H14ClNO5S/c1-3-8-23-16-13(18)7-6-11(17(16)25(2,21)22)14(20)12-9-19-24-15(12)10-4-5-10/h1,6-7,9-10H,4-5,8H2,2H3. The summed E-state index contributed by atoms with van der Waals surface area (Å²) in [6, 6.07) is 2.76. The summed E-state index contributed by atoms with van der Waals surface area (Å²) >= 11 is 6.06. The quantitative estimate of drug-likeness (QED) is 0.566. The molecule has 0 saturated heterocycles. The molecule has 1 aliphatic rings. The number of sulfone groups is 1. The van der Waals surface area contributed by atoms with Crippen LogP contribution in [-0.2, 0) is 9.84 Å². The summed E-state index contributed by atoms with van der Waals surface area (Å²) in [5.74, 6) is 2.23. The minimum absolute atomic E-state index is 0.0518. The van der Waals surface area contributed by atoms with Crippen LogP contribution in [0.25, 0.3) is 0 Å². The average Bonchev–Trinajstić information content (AvgIpc) is 3.28. The highest BCUT2D eigenvalue weighted by Gasteiger charge is 2.35. The molecule has 0 radical (unpaired) electrons. The average molecular weight is 380 g/mol. The zero-order valence-corrected chi connectivity index (χ0v) is 14.9. The summed E-state index contributed by atoms with van der Waals surface area (Å²) in [6.45, 7) is -0.180. The van der Waals surface area contributed by atoms with Gasteiger partial charge in [-0.15, -0.1) is 6.42 Å². The van der Waals surface area contributed by atoms with E-state index in [9.17, 15) is 13.2 Å². The summed E-state index contributed by atoms with van der Waals surface area (Å²) in [4.78, 5) is 12.7. The normalized spacial score (nSPS) is 14.1. The first-order chi connectivity index (χ1) is 11.8. The first kappa shape index (κ1) is 17.5. The number of ether oxygens (including phenoxy) is 1. The maximum Gasteiger partial charge on any atom is 0.199 e. The van der Waals surface area contributed by atoms with Gasteiger partial charge in [-0.3, -0.25) is 4.79 Å². The van der Waals surface area contributed by atoms with Crippen LogP contribution in [0.1, 0.15) is 40.4 Å². The third kappa shape index (κ3) is 3.41. The van der Waals surface area contributed by atoms with Gasteiger partial charge in [0.1, 0.15) is 11.5 Å². The molecule has 6 nitrogen and oxygen atoms in total. The van der Waals surface area contributed by atoms with Crippen LogP contribution in [0.3, 0.4) is 0 Å². The Morgan fingerprint density at radius 2 is 2.16 bits per heavy atom. The highest BCUT2D eigenvalue weighted by Crippen LogP contribution is 2.43.